The molecule has 3 aliphatic heterocycles. The molecule has 9 nitrogen and oxygen atoms in total. The Morgan fingerprint density at radius 1 is 0.897 bits per heavy atom. The zero-order valence-corrected chi connectivity index (χ0v) is 21.7. The van der Waals surface area contributed by atoms with Gasteiger partial charge in [-0.1, -0.05) is 42.5 Å². The van der Waals surface area contributed by atoms with Crippen molar-refractivity contribution in [3.63, 3.8) is 0 Å². The number of aromatic nitrogens is 1. The minimum Gasteiger partial charge on any atom is -0.496 e. The summed E-state index contributed by atoms with van der Waals surface area (Å²) in [7, 11) is 1.55. The van der Waals surface area contributed by atoms with E-state index in [1.807, 2.05) is 28.8 Å². The van der Waals surface area contributed by atoms with E-state index in [-0.39, 0.29) is 30.4 Å². The highest BCUT2D eigenvalue weighted by Crippen LogP contribution is 2.40. The minimum atomic E-state index is -1.57. The third-order valence-electron chi connectivity index (χ3n) is 8.22. The van der Waals surface area contributed by atoms with E-state index >= 15 is 0 Å². The number of likely N-dealkylation sites (tertiary alicyclic amines) is 1. The van der Waals surface area contributed by atoms with Crippen LogP contribution in [0.4, 0.5) is 10.5 Å². The summed E-state index contributed by atoms with van der Waals surface area (Å²) in [5.74, 6) is -0.260. The fraction of sp³-hybridized carbons (Fsp3) is 0.333. The molecule has 0 spiro atoms. The number of hydrogen-bond donors (Lipinski definition) is 1. The van der Waals surface area contributed by atoms with Crippen LogP contribution >= 0.6 is 0 Å². The monoisotopic (exact) mass is 526 g/mol. The first-order valence-corrected chi connectivity index (χ1v) is 13.2. The molecule has 0 radical (unpaired) electrons. The number of carbonyl (C=O) groups is 3. The lowest BCUT2D eigenvalue weighted by atomic mass is 9.75. The number of urea groups is 1. The normalized spacial score (nSPS) is 24.7. The Morgan fingerprint density at radius 2 is 1.67 bits per heavy atom. The molecule has 2 bridgehead atoms. The van der Waals surface area contributed by atoms with Crippen molar-refractivity contribution in [2.24, 2.45) is 11.3 Å². The van der Waals surface area contributed by atoms with E-state index in [4.69, 9.17) is 4.74 Å². The van der Waals surface area contributed by atoms with Crippen molar-refractivity contribution in [2.45, 2.75) is 25.3 Å². The van der Waals surface area contributed by atoms with Crippen molar-refractivity contribution in [1.29, 1.82) is 0 Å². The van der Waals surface area contributed by atoms with Gasteiger partial charge in [-0.3, -0.25) is 19.7 Å². The zero-order valence-electron chi connectivity index (χ0n) is 21.7. The predicted molar refractivity (Wildman–Crippen MR) is 145 cm³/mol. The first-order chi connectivity index (χ1) is 18.9. The maximum absolute atomic E-state index is 14.4. The average Bonchev–Trinajstić information content (AvgIpc) is 2.93. The van der Waals surface area contributed by atoms with Gasteiger partial charge in [0, 0.05) is 50.3 Å². The number of nitrogens with zero attached hydrogens (tertiary/aromatic N) is 3. The van der Waals surface area contributed by atoms with E-state index < -0.39 is 23.3 Å². The molecule has 2 aromatic carbocycles. The highest BCUT2D eigenvalue weighted by Gasteiger charge is 2.56. The highest BCUT2D eigenvalue weighted by atomic mass is 16.5. The number of methoxy groups -OCH3 is 1. The summed E-state index contributed by atoms with van der Waals surface area (Å²) in [5.41, 5.74) is 0.533. The molecule has 3 aliphatic rings. The summed E-state index contributed by atoms with van der Waals surface area (Å²) < 4.78 is 7.42. The molecule has 4 amide bonds. The molecule has 9 heteroatoms. The van der Waals surface area contributed by atoms with Crippen LogP contribution in [0.15, 0.2) is 77.6 Å². The summed E-state index contributed by atoms with van der Waals surface area (Å²) in [6.07, 6.45) is 1.02. The molecule has 3 atom stereocenters. The third kappa shape index (κ3) is 4.32. The Kier molecular flexibility index (Phi) is 6.31. The summed E-state index contributed by atoms with van der Waals surface area (Å²) in [6.45, 7) is 1.99. The molecule has 0 aliphatic carbocycles. The Labute approximate surface area is 226 Å². The van der Waals surface area contributed by atoms with Crippen LogP contribution in [0.25, 0.3) is 0 Å². The Bertz CT molecular complexity index is 1500. The highest BCUT2D eigenvalue weighted by molar-refractivity contribution is 6.30. The summed E-state index contributed by atoms with van der Waals surface area (Å²) in [6, 6.07) is 20.6. The smallest absolute Gasteiger partial charge is 0.335 e. The minimum absolute atomic E-state index is 0.00199. The standard InChI is InChI=1S/C30H30N4O5/c1-39-25-12-6-5-8-21(25)15-30(27(36)31-29(38)34(28(30)37)23-9-3-2-4-10-23)19-32-16-20-14-22(18-32)24-11-7-13-26(35)33(24)17-20/h2-13,20,22H,14-19H2,1H3,(H,31,36,38)/t20-,22-,30+/m0/s1. The number of para-hydroxylation sites is 2. The first-order valence-electron chi connectivity index (χ1n) is 13.2. The van der Waals surface area contributed by atoms with Crippen molar-refractivity contribution < 1.29 is 19.1 Å². The Hall–Kier alpha value is -4.24. The van der Waals surface area contributed by atoms with Gasteiger partial charge in [-0.05, 0) is 42.2 Å². The molecular formula is C30H30N4O5. The maximum atomic E-state index is 14.4. The van der Waals surface area contributed by atoms with Gasteiger partial charge in [0.1, 0.15) is 11.2 Å². The van der Waals surface area contributed by atoms with Gasteiger partial charge in [0.2, 0.25) is 5.91 Å². The number of rotatable bonds is 6. The number of amides is 4. The van der Waals surface area contributed by atoms with Crippen LogP contribution in [0.3, 0.4) is 0 Å². The van der Waals surface area contributed by atoms with Gasteiger partial charge < -0.3 is 14.2 Å². The van der Waals surface area contributed by atoms with Gasteiger partial charge in [0.25, 0.3) is 11.5 Å². The van der Waals surface area contributed by atoms with Gasteiger partial charge >= 0.3 is 6.03 Å². The summed E-state index contributed by atoms with van der Waals surface area (Å²) >= 11 is 0. The van der Waals surface area contributed by atoms with E-state index in [1.54, 1.807) is 55.6 Å². The van der Waals surface area contributed by atoms with Crippen LogP contribution in [0, 0.1) is 11.3 Å². The van der Waals surface area contributed by atoms with E-state index in [2.05, 4.69) is 10.2 Å². The van der Waals surface area contributed by atoms with Gasteiger partial charge in [0.15, 0.2) is 0 Å². The van der Waals surface area contributed by atoms with Gasteiger partial charge in [0.05, 0.1) is 12.8 Å². The molecule has 1 aromatic heterocycles. The summed E-state index contributed by atoms with van der Waals surface area (Å²) in [4.78, 5) is 56.9. The van der Waals surface area contributed by atoms with Crippen LogP contribution in [0.2, 0.25) is 0 Å². The third-order valence-corrected chi connectivity index (χ3v) is 8.22. The fourth-order valence-electron chi connectivity index (χ4n) is 6.52. The second-order valence-electron chi connectivity index (χ2n) is 10.7. The number of carbonyl (C=O) groups excluding carboxylic acids is 3. The van der Waals surface area contributed by atoms with Crippen LogP contribution in [-0.4, -0.2) is 54.1 Å². The number of barbiturate groups is 1. The SMILES string of the molecule is COc1ccccc1C[C@@]1(CN2C[C@@H]3C[C@@H](C2)c2cccc(=O)n2C3)C(=O)NC(=O)N(c2ccccc2)C1=O. The average molecular weight is 527 g/mol. The molecule has 200 valence electrons. The number of fused-ring (bicyclic) bond motifs is 4. The van der Waals surface area contributed by atoms with Crippen molar-refractivity contribution in [1.82, 2.24) is 14.8 Å². The fourth-order valence-corrected chi connectivity index (χ4v) is 6.52. The van der Waals surface area contributed by atoms with Gasteiger partial charge in [-0.15, -0.1) is 0 Å². The van der Waals surface area contributed by atoms with Crippen molar-refractivity contribution in [3.05, 3.63) is 94.4 Å². The maximum Gasteiger partial charge on any atom is 0.335 e. The van der Waals surface area contributed by atoms with Crippen LogP contribution in [-0.2, 0) is 22.6 Å². The quantitative estimate of drug-likeness (QED) is 0.496. The number of ether oxygens (including phenoxy) is 1. The van der Waals surface area contributed by atoms with E-state index in [1.165, 1.54) is 0 Å². The molecule has 0 saturated carbocycles. The molecule has 4 heterocycles. The lowest BCUT2D eigenvalue weighted by molar-refractivity contribution is -0.144. The molecular weight excluding hydrogens is 496 g/mol. The van der Waals surface area contributed by atoms with Crippen molar-refractivity contribution in [3.8, 4) is 5.75 Å². The summed E-state index contributed by atoms with van der Waals surface area (Å²) in [5, 5.41) is 2.48. The molecule has 1 N–H and O–H groups in total. The number of imide groups is 2. The molecule has 0 unspecified atom stereocenters. The predicted octanol–water partition coefficient (Wildman–Crippen LogP) is 2.79. The Balaban J connectivity index is 1.40. The topological polar surface area (TPSA) is 101 Å². The second-order valence-corrected chi connectivity index (χ2v) is 10.7. The number of piperidine rings is 1. The van der Waals surface area contributed by atoms with Crippen molar-refractivity contribution in [2.75, 3.05) is 31.6 Å². The Morgan fingerprint density at radius 3 is 2.46 bits per heavy atom. The van der Waals surface area contributed by atoms with Gasteiger partial charge in [-0.2, -0.15) is 0 Å². The lowest BCUT2D eigenvalue weighted by Gasteiger charge is -2.47. The van der Waals surface area contributed by atoms with Crippen LogP contribution in [0.5, 0.6) is 5.75 Å². The first kappa shape index (κ1) is 25.1. The van der Waals surface area contributed by atoms with Crippen LogP contribution < -0.4 is 20.5 Å². The number of anilines is 1. The zero-order chi connectivity index (χ0) is 27.1. The van der Waals surface area contributed by atoms with Crippen LogP contribution in [0.1, 0.15) is 23.6 Å². The second kappa shape index (κ2) is 9.81. The van der Waals surface area contributed by atoms with Gasteiger partial charge in [-0.25, -0.2) is 9.69 Å². The van der Waals surface area contributed by atoms with E-state index in [0.29, 0.717) is 36.6 Å². The molecule has 39 heavy (non-hydrogen) atoms. The van der Waals surface area contributed by atoms with E-state index in [9.17, 15) is 19.2 Å². The molecule has 2 fully saturated rings. The molecule has 3 aromatic rings. The number of pyridine rings is 1. The number of nitrogens with one attached hydrogen (secondary N) is 1. The molecule has 2 saturated heterocycles. The van der Waals surface area contributed by atoms with Crippen molar-refractivity contribution >= 4 is 23.5 Å². The largest absolute Gasteiger partial charge is 0.496 e. The van der Waals surface area contributed by atoms with E-state index in [0.717, 1.165) is 17.0 Å². The number of benzene rings is 2. The lowest BCUT2D eigenvalue weighted by Crippen LogP contribution is -2.68. The number of hydrogen-bond acceptors (Lipinski definition) is 6. The molecule has 6 rings (SSSR count).